The number of quaternary nitrogens is 1. The highest BCUT2D eigenvalue weighted by atomic mass is 19.1. The maximum Gasteiger partial charge on any atom is 0.126 e. The van der Waals surface area contributed by atoms with E-state index in [2.05, 4.69) is 17.9 Å². The summed E-state index contributed by atoms with van der Waals surface area (Å²) in [6.07, 6.45) is 0.709. The van der Waals surface area contributed by atoms with Gasteiger partial charge in [-0.15, -0.1) is 0 Å². The van der Waals surface area contributed by atoms with E-state index in [1.165, 1.54) is 11.6 Å². The van der Waals surface area contributed by atoms with Gasteiger partial charge in [0.15, 0.2) is 0 Å². The SMILES string of the molecule is [NH3+]C[C@H](Cc1ccccc1F)c1ccccc1. The topological polar surface area (TPSA) is 27.6 Å². The molecule has 88 valence electrons. The molecule has 2 rings (SSSR count). The zero-order valence-corrected chi connectivity index (χ0v) is 9.77. The van der Waals surface area contributed by atoms with Gasteiger partial charge in [-0.3, -0.25) is 0 Å². The van der Waals surface area contributed by atoms with Crippen LogP contribution in [-0.2, 0) is 6.42 Å². The first-order valence-corrected chi connectivity index (χ1v) is 5.89. The van der Waals surface area contributed by atoms with Crippen LogP contribution in [0.1, 0.15) is 17.0 Å². The maximum absolute atomic E-state index is 13.6. The Hall–Kier alpha value is -1.67. The number of hydrogen-bond acceptors (Lipinski definition) is 0. The Morgan fingerprint density at radius 2 is 1.59 bits per heavy atom. The highest BCUT2D eigenvalue weighted by Crippen LogP contribution is 2.20. The first-order valence-electron chi connectivity index (χ1n) is 5.89. The number of rotatable bonds is 4. The number of hydrogen-bond donors (Lipinski definition) is 1. The Morgan fingerprint density at radius 3 is 2.24 bits per heavy atom. The van der Waals surface area contributed by atoms with E-state index in [1.54, 1.807) is 6.07 Å². The monoisotopic (exact) mass is 230 g/mol. The van der Waals surface area contributed by atoms with E-state index >= 15 is 0 Å². The molecule has 1 nitrogen and oxygen atoms in total. The van der Waals surface area contributed by atoms with Crippen molar-refractivity contribution in [2.24, 2.45) is 0 Å². The third kappa shape index (κ3) is 2.92. The zero-order chi connectivity index (χ0) is 12.1. The van der Waals surface area contributed by atoms with Crippen LogP contribution in [0.15, 0.2) is 54.6 Å². The van der Waals surface area contributed by atoms with Crippen LogP contribution in [0.5, 0.6) is 0 Å². The predicted molar refractivity (Wildman–Crippen MR) is 67.0 cm³/mol. The van der Waals surface area contributed by atoms with Crippen LogP contribution in [0.3, 0.4) is 0 Å². The molecule has 0 fully saturated rings. The lowest BCUT2D eigenvalue weighted by Crippen LogP contribution is -2.53. The van der Waals surface area contributed by atoms with Gasteiger partial charge in [-0.2, -0.15) is 0 Å². The smallest absolute Gasteiger partial charge is 0.126 e. The second-order valence-corrected chi connectivity index (χ2v) is 4.19. The summed E-state index contributed by atoms with van der Waals surface area (Å²) in [6.45, 7) is 0.776. The Balaban J connectivity index is 2.19. The van der Waals surface area contributed by atoms with Gasteiger partial charge in [-0.05, 0) is 23.6 Å². The van der Waals surface area contributed by atoms with Crippen molar-refractivity contribution in [2.45, 2.75) is 12.3 Å². The molecule has 0 aliphatic carbocycles. The molecule has 0 bridgehead atoms. The van der Waals surface area contributed by atoms with E-state index in [0.717, 1.165) is 12.1 Å². The summed E-state index contributed by atoms with van der Waals surface area (Å²) in [5.74, 6) is 0.162. The summed E-state index contributed by atoms with van der Waals surface area (Å²) in [4.78, 5) is 0. The zero-order valence-electron chi connectivity index (χ0n) is 9.77. The second-order valence-electron chi connectivity index (χ2n) is 4.19. The van der Waals surface area contributed by atoms with Crippen molar-refractivity contribution in [3.05, 3.63) is 71.5 Å². The number of benzene rings is 2. The molecule has 0 heterocycles. The third-order valence-corrected chi connectivity index (χ3v) is 3.04. The van der Waals surface area contributed by atoms with Gasteiger partial charge < -0.3 is 5.73 Å². The van der Waals surface area contributed by atoms with Crippen molar-refractivity contribution >= 4 is 0 Å². The molecule has 0 unspecified atom stereocenters. The van der Waals surface area contributed by atoms with E-state index in [9.17, 15) is 4.39 Å². The van der Waals surface area contributed by atoms with Crippen molar-refractivity contribution in [1.29, 1.82) is 0 Å². The molecule has 0 amide bonds. The molecular formula is C15H17FN+. The van der Waals surface area contributed by atoms with E-state index in [-0.39, 0.29) is 11.7 Å². The fraction of sp³-hybridized carbons (Fsp3) is 0.200. The minimum absolute atomic E-state index is 0.123. The van der Waals surface area contributed by atoms with Gasteiger partial charge in [-0.25, -0.2) is 4.39 Å². The lowest BCUT2D eigenvalue weighted by atomic mass is 9.92. The Labute approximate surface area is 101 Å². The van der Waals surface area contributed by atoms with Gasteiger partial charge in [0.2, 0.25) is 0 Å². The normalized spacial score (nSPS) is 12.4. The highest BCUT2D eigenvalue weighted by Gasteiger charge is 2.14. The molecular weight excluding hydrogens is 213 g/mol. The minimum atomic E-state index is -0.123. The first-order chi connectivity index (χ1) is 8.31. The molecule has 0 aromatic heterocycles. The van der Waals surface area contributed by atoms with Gasteiger partial charge >= 0.3 is 0 Å². The number of halogens is 1. The molecule has 17 heavy (non-hydrogen) atoms. The molecule has 1 atom stereocenters. The maximum atomic E-state index is 13.6. The fourth-order valence-electron chi connectivity index (χ4n) is 2.04. The second kappa shape index (κ2) is 5.60. The molecule has 2 aromatic carbocycles. The van der Waals surface area contributed by atoms with Crippen LogP contribution in [0.25, 0.3) is 0 Å². The summed E-state index contributed by atoms with van der Waals surface area (Å²) in [6, 6.07) is 17.1. The van der Waals surface area contributed by atoms with Crippen LogP contribution in [-0.4, -0.2) is 6.54 Å². The fourth-order valence-corrected chi connectivity index (χ4v) is 2.04. The molecule has 2 heteroatoms. The average molecular weight is 230 g/mol. The molecule has 2 aromatic rings. The third-order valence-electron chi connectivity index (χ3n) is 3.04. The van der Waals surface area contributed by atoms with E-state index in [1.807, 2.05) is 30.3 Å². The average Bonchev–Trinajstić information content (AvgIpc) is 2.39. The summed E-state index contributed by atoms with van der Waals surface area (Å²) in [7, 11) is 0. The van der Waals surface area contributed by atoms with Gasteiger partial charge in [-0.1, -0.05) is 48.5 Å². The van der Waals surface area contributed by atoms with E-state index in [0.29, 0.717) is 6.42 Å². The van der Waals surface area contributed by atoms with Gasteiger partial charge in [0, 0.05) is 5.92 Å². The molecule has 0 spiro atoms. The van der Waals surface area contributed by atoms with Crippen LogP contribution < -0.4 is 5.73 Å². The van der Waals surface area contributed by atoms with E-state index < -0.39 is 0 Å². The van der Waals surface area contributed by atoms with Crippen molar-refractivity contribution in [2.75, 3.05) is 6.54 Å². The van der Waals surface area contributed by atoms with Crippen LogP contribution in [0.4, 0.5) is 4.39 Å². The minimum Gasteiger partial charge on any atom is -0.357 e. The Morgan fingerprint density at radius 1 is 0.941 bits per heavy atom. The van der Waals surface area contributed by atoms with Crippen LogP contribution >= 0.6 is 0 Å². The van der Waals surface area contributed by atoms with Crippen molar-refractivity contribution in [3.8, 4) is 0 Å². The highest BCUT2D eigenvalue weighted by molar-refractivity contribution is 5.25. The molecule has 0 aliphatic rings. The molecule has 3 N–H and O–H groups in total. The van der Waals surface area contributed by atoms with E-state index in [4.69, 9.17) is 0 Å². The van der Waals surface area contributed by atoms with Gasteiger partial charge in [0.25, 0.3) is 0 Å². The summed E-state index contributed by atoms with van der Waals surface area (Å²) in [5.41, 5.74) is 5.96. The largest absolute Gasteiger partial charge is 0.357 e. The van der Waals surface area contributed by atoms with Gasteiger partial charge in [0.05, 0.1) is 6.54 Å². The summed E-state index contributed by atoms with van der Waals surface area (Å²) < 4.78 is 13.6. The quantitative estimate of drug-likeness (QED) is 0.835. The summed E-state index contributed by atoms with van der Waals surface area (Å²) >= 11 is 0. The van der Waals surface area contributed by atoms with Crippen molar-refractivity contribution in [3.63, 3.8) is 0 Å². The first kappa shape index (κ1) is 11.8. The molecule has 0 saturated carbocycles. The van der Waals surface area contributed by atoms with Crippen molar-refractivity contribution < 1.29 is 10.1 Å². The standard InChI is InChI=1S/C15H16FN/c16-15-9-5-4-8-13(15)10-14(11-17)12-6-2-1-3-7-12/h1-9,14H,10-11,17H2/p+1/t14-/m0/s1. The lowest BCUT2D eigenvalue weighted by molar-refractivity contribution is -0.372. The molecule has 0 aliphatic heterocycles. The predicted octanol–water partition coefficient (Wildman–Crippen LogP) is 2.39. The molecule has 0 radical (unpaired) electrons. The van der Waals surface area contributed by atoms with Crippen LogP contribution in [0.2, 0.25) is 0 Å². The summed E-state index contributed by atoms with van der Waals surface area (Å²) in [5, 5.41) is 0. The van der Waals surface area contributed by atoms with Crippen molar-refractivity contribution in [1.82, 2.24) is 0 Å². The van der Waals surface area contributed by atoms with Gasteiger partial charge in [0.1, 0.15) is 5.82 Å². The molecule has 0 saturated heterocycles. The lowest BCUT2D eigenvalue weighted by Gasteiger charge is -2.13. The Kier molecular flexibility index (Phi) is 3.89. The Bertz CT molecular complexity index is 467. The van der Waals surface area contributed by atoms with Crippen LogP contribution in [0, 0.1) is 5.82 Å².